The van der Waals surface area contributed by atoms with Crippen LogP contribution in [0.25, 0.3) is 0 Å². The molecule has 1 atom stereocenters. The molecule has 6 heteroatoms. The van der Waals surface area contributed by atoms with Crippen LogP contribution < -0.4 is 5.32 Å². The van der Waals surface area contributed by atoms with E-state index in [0.717, 1.165) is 0 Å². The molecule has 1 aromatic rings. The summed E-state index contributed by atoms with van der Waals surface area (Å²) in [4.78, 5) is 19.2. The fourth-order valence-corrected chi connectivity index (χ4v) is 1.34. The molecule has 0 fully saturated rings. The van der Waals surface area contributed by atoms with Crippen molar-refractivity contribution in [2.24, 2.45) is 5.92 Å². The molecular formula is C10H14ClN3O2. The third-order valence-corrected chi connectivity index (χ3v) is 2.27. The van der Waals surface area contributed by atoms with Crippen LogP contribution in [0.1, 0.15) is 13.8 Å². The van der Waals surface area contributed by atoms with Crippen LogP contribution in [0.2, 0.25) is 5.15 Å². The molecule has 1 N–H and O–H groups in total. The van der Waals surface area contributed by atoms with E-state index in [9.17, 15) is 4.79 Å². The van der Waals surface area contributed by atoms with Crippen molar-refractivity contribution in [2.75, 3.05) is 12.4 Å². The molecule has 0 spiro atoms. The molecule has 0 aliphatic heterocycles. The number of carbonyl (C=O) groups excluding carboxylic acids is 1. The van der Waals surface area contributed by atoms with Gasteiger partial charge in [-0.3, -0.25) is 0 Å². The maximum Gasteiger partial charge on any atom is 0.328 e. The van der Waals surface area contributed by atoms with E-state index < -0.39 is 6.04 Å². The number of hydrogen-bond acceptors (Lipinski definition) is 5. The van der Waals surface area contributed by atoms with Gasteiger partial charge < -0.3 is 10.1 Å². The van der Waals surface area contributed by atoms with Crippen molar-refractivity contribution in [3.8, 4) is 0 Å². The summed E-state index contributed by atoms with van der Waals surface area (Å²) in [6.07, 6.45) is 1.33. The second-order valence-corrected chi connectivity index (χ2v) is 4.00. The van der Waals surface area contributed by atoms with Gasteiger partial charge in [0.2, 0.25) is 0 Å². The Labute approximate surface area is 99.2 Å². The molecule has 0 radical (unpaired) electrons. The zero-order valence-electron chi connectivity index (χ0n) is 9.40. The van der Waals surface area contributed by atoms with E-state index in [1.54, 1.807) is 6.07 Å². The van der Waals surface area contributed by atoms with Crippen molar-refractivity contribution in [1.29, 1.82) is 0 Å². The molecule has 16 heavy (non-hydrogen) atoms. The Kier molecular flexibility index (Phi) is 4.49. The predicted molar refractivity (Wildman–Crippen MR) is 61.3 cm³/mol. The van der Waals surface area contributed by atoms with E-state index in [-0.39, 0.29) is 11.9 Å². The van der Waals surface area contributed by atoms with E-state index >= 15 is 0 Å². The number of anilines is 1. The number of rotatable bonds is 4. The number of methoxy groups -OCH3 is 1. The molecule has 0 aromatic carbocycles. The molecule has 0 amide bonds. The maximum atomic E-state index is 11.5. The lowest BCUT2D eigenvalue weighted by molar-refractivity contribution is -0.142. The number of aromatic nitrogens is 2. The number of ether oxygens (including phenoxy) is 1. The Bertz CT molecular complexity index is 371. The molecule has 88 valence electrons. The summed E-state index contributed by atoms with van der Waals surface area (Å²) in [6, 6.07) is 1.11. The van der Waals surface area contributed by atoms with Gasteiger partial charge in [0, 0.05) is 6.07 Å². The molecule has 0 bridgehead atoms. The summed E-state index contributed by atoms with van der Waals surface area (Å²) in [5, 5.41) is 3.28. The summed E-state index contributed by atoms with van der Waals surface area (Å²) >= 11 is 5.71. The van der Waals surface area contributed by atoms with Gasteiger partial charge in [0.1, 0.15) is 23.3 Å². The third-order valence-electron chi connectivity index (χ3n) is 2.06. The van der Waals surface area contributed by atoms with E-state index in [1.807, 2.05) is 13.8 Å². The average Bonchev–Trinajstić information content (AvgIpc) is 2.24. The highest BCUT2D eigenvalue weighted by atomic mass is 35.5. The summed E-state index contributed by atoms with van der Waals surface area (Å²) in [5.41, 5.74) is 0. The zero-order valence-corrected chi connectivity index (χ0v) is 10.2. The Balaban J connectivity index is 2.79. The Hall–Kier alpha value is -1.36. The van der Waals surface area contributed by atoms with Crippen LogP contribution in [-0.4, -0.2) is 29.1 Å². The first-order chi connectivity index (χ1) is 7.54. The van der Waals surface area contributed by atoms with E-state index in [0.29, 0.717) is 11.0 Å². The predicted octanol–water partition coefficient (Wildman–Crippen LogP) is 1.74. The fourth-order valence-electron chi connectivity index (χ4n) is 1.20. The van der Waals surface area contributed by atoms with Gasteiger partial charge in [-0.2, -0.15) is 0 Å². The van der Waals surface area contributed by atoms with Crippen LogP contribution in [0.15, 0.2) is 12.4 Å². The molecule has 0 aliphatic rings. The summed E-state index contributed by atoms with van der Waals surface area (Å²) < 4.78 is 4.70. The van der Waals surface area contributed by atoms with E-state index in [2.05, 4.69) is 15.3 Å². The quantitative estimate of drug-likeness (QED) is 0.645. The molecule has 1 heterocycles. The lowest BCUT2D eigenvalue weighted by atomic mass is 10.1. The monoisotopic (exact) mass is 243 g/mol. The molecule has 1 rings (SSSR count). The lowest BCUT2D eigenvalue weighted by Crippen LogP contribution is -2.35. The van der Waals surface area contributed by atoms with Crippen molar-refractivity contribution in [3.05, 3.63) is 17.5 Å². The summed E-state index contributed by atoms with van der Waals surface area (Å²) in [7, 11) is 1.35. The minimum atomic E-state index is -0.448. The van der Waals surface area contributed by atoms with Crippen molar-refractivity contribution < 1.29 is 9.53 Å². The van der Waals surface area contributed by atoms with Crippen molar-refractivity contribution >= 4 is 23.4 Å². The van der Waals surface area contributed by atoms with Crippen LogP contribution in [0.5, 0.6) is 0 Å². The fraction of sp³-hybridized carbons (Fsp3) is 0.500. The average molecular weight is 244 g/mol. The van der Waals surface area contributed by atoms with Gasteiger partial charge in [-0.15, -0.1) is 0 Å². The lowest BCUT2D eigenvalue weighted by Gasteiger charge is -2.20. The largest absolute Gasteiger partial charge is 0.467 e. The highest BCUT2D eigenvalue weighted by Crippen LogP contribution is 2.13. The first kappa shape index (κ1) is 12.7. The molecule has 1 aromatic heterocycles. The van der Waals surface area contributed by atoms with Crippen molar-refractivity contribution in [2.45, 2.75) is 19.9 Å². The highest BCUT2D eigenvalue weighted by Gasteiger charge is 2.23. The number of nitrogens with zero attached hydrogens (tertiary/aromatic N) is 2. The molecule has 0 aliphatic carbocycles. The molecule has 0 saturated carbocycles. The summed E-state index contributed by atoms with van der Waals surface area (Å²) in [6.45, 7) is 3.83. The smallest absolute Gasteiger partial charge is 0.328 e. The standard InChI is InChI=1S/C10H14ClN3O2/c1-6(2)9(10(15)16-3)14-8-4-7(11)12-5-13-8/h4-6,9H,1-3H3,(H,12,13,14)/t9-/m0/s1. The topological polar surface area (TPSA) is 64.1 Å². The van der Waals surface area contributed by atoms with Crippen molar-refractivity contribution in [1.82, 2.24) is 9.97 Å². The third kappa shape index (κ3) is 3.34. The van der Waals surface area contributed by atoms with Gasteiger partial charge in [0.05, 0.1) is 7.11 Å². The molecule has 0 saturated heterocycles. The normalized spacial score (nSPS) is 12.3. The van der Waals surface area contributed by atoms with Gasteiger partial charge in [0.15, 0.2) is 0 Å². The Morgan fingerprint density at radius 2 is 2.19 bits per heavy atom. The number of nitrogens with one attached hydrogen (secondary N) is 1. The molecule has 0 unspecified atom stereocenters. The van der Waals surface area contributed by atoms with Crippen molar-refractivity contribution in [3.63, 3.8) is 0 Å². The first-order valence-electron chi connectivity index (χ1n) is 4.86. The second-order valence-electron chi connectivity index (χ2n) is 3.62. The van der Waals surface area contributed by atoms with Gasteiger partial charge in [-0.05, 0) is 5.92 Å². The Morgan fingerprint density at radius 3 is 2.69 bits per heavy atom. The van der Waals surface area contributed by atoms with E-state index in [1.165, 1.54) is 13.4 Å². The number of esters is 1. The first-order valence-corrected chi connectivity index (χ1v) is 5.24. The minimum Gasteiger partial charge on any atom is -0.467 e. The van der Waals surface area contributed by atoms with Gasteiger partial charge in [-0.25, -0.2) is 14.8 Å². The van der Waals surface area contributed by atoms with Gasteiger partial charge in [-0.1, -0.05) is 25.4 Å². The van der Waals surface area contributed by atoms with Crippen LogP contribution in [0.4, 0.5) is 5.82 Å². The molecular weight excluding hydrogens is 230 g/mol. The SMILES string of the molecule is COC(=O)[C@@H](Nc1cc(Cl)ncn1)C(C)C. The molecule has 5 nitrogen and oxygen atoms in total. The summed E-state index contributed by atoms with van der Waals surface area (Å²) in [5.74, 6) is 0.259. The minimum absolute atomic E-state index is 0.0844. The highest BCUT2D eigenvalue weighted by molar-refractivity contribution is 6.29. The zero-order chi connectivity index (χ0) is 12.1. The van der Waals surface area contributed by atoms with Crippen LogP contribution in [0.3, 0.4) is 0 Å². The Morgan fingerprint density at radius 1 is 1.50 bits per heavy atom. The maximum absolute atomic E-state index is 11.5. The number of halogens is 1. The van der Waals surface area contributed by atoms with Crippen LogP contribution in [-0.2, 0) is 9.53 Å². The van der Waals surface area contributed by atoms with E-state index in [4.69, 9.17) is 16.3 Å². The van der Waals surface area contributed by atoms with Crippen LogP contribution >= 0.6 is 11.6 Å². The van der Waals surface area contributed by atoms with Gasteiger partial charge >= 0.3 is 5.97 Å². The second kappa shape index (κ2) is 5.65. The van der Waals surface area contributed by atoms with Crippen LogP contribution in [0, 0.1) is 5.92 Å². The number of hydrogen-bond donors (Lipinski definition) is 1. The number of carbonyl (C=O) groups is 1. The van der Waals surface area contributed by atoms with Gasteiger partial charge in [0.25, 0.3) is 0 Å².